The van der Waals surface area contributed by atoms with Crippen LogP contribution in [0.1, 0.15) is 13.8 Å². The number of ether oxygens (including phenoxy) is 2. The summed E-state index contributed by atoms with van der Waals surface area (Å²) in [6.07, 6.45) is -0.0122. The van der Waals surface area contributed by atoms with Gasteiger partial charge in [-0.1, -0.05) is 6.07 Å². The maximum absolute atomic E-state index is 5.51. The Hall–Kier alpha value is -2.57. The third-order valence-electron chi connectivity index (χ3n) is 2.51. The second kappa shape index (κ2) is 6.74. The van der Waals surface area contributed by atoms with E-state index in [-0.39, 0.29) is 12.1 Å². The van der Waals surface area contributed by atoms with Crippen LogP contribution >= 0.6 is 0 Å². The maximum Gasteiger partial charge on any atom is 0.323 e. The van der Waals surface area contributed by atoms with Crippen molar-refractivity contribution in [2.45, 2.75) is 20.0 Å². The molecule has 1 aromatic carbocycles. The summed E-state index contributed by atoms with van der Waals surface area (Å²) < 4.78 is 10.7. The number of hydrogen-bond donors (Lipinski definition) is 2. The first-order valence-corrected chi connectivity index (χ1v) is 6.62. The zero-order chi connectivity index (χ0) is 15.2. The van der Waals surface area contributed by atoms with Gasteiger partial charge in [0.25, 0.3) is 0 Å². The first-order valence-electron chi connectivity index (χ1n) is 6.62. The SMILES string of the molecule is CNc1nc(Nc2cccc(OC)c2)nc(OC(C)C)n1. The molecule has 0 aliphatic carbocycles. The molecule has 0 atom stereocenters. The third-order valence-corrected chi connectivity index (χ3v) is 2.51. The Morgan fingerprint density at radius 2 is 1.86 bits per heavy atom. The van der Waals surface area contributed by atoms with E-state index < -0.39 is 0 Å². The van der Waals surface area contributed by atoms with Gasteiger partial charge in [-0.15, -0.1) is 0 Å². The number of anilines is 3. The zero-order valence-electron chi connectivity index (χ0n) is 12.5. The lowest BCUT2D eigenvalue weighted by atomic mass is 10.3. The minimum Gasteiger partial charge on any atom is -0.497 e. The number of nitrogens with zero attached hydrogens (tertiary/aromatic N) is 3. The van der Waals surface area contributed by atoms with Crippen LogP contribution in [0.25, 0.3) is 0 Å². The fourth-order valence-corrected chi connectivity index (χ4v) is 1.62. The number of benzene rings is 1. The fourth-order valence-electron chi connectivity index (χ4n) is 1.62. The van der Waals surface area contributed by atoms with Gasteiger partial charge in [0.1, 0.15) is 5.75 Å². The number of rotatable bonds is 6. The van der Waals surface area contributed by atoms with Crippen molar-refractivity contribution in [2.24, 2.45) is 0 Å². The molecule has 0 spiro atoms. The van der Waals surface area contributed by atoms with Crippen molar-refractivity contribution in [3.05, 3.63) is 24.3 Å². The Labute approximate surface area is 123 Å². The number of methoxy groups -OCH3 is 1. The summed E-state index contributed by atoms with van der Waals surface area (Å²) in [6, 6.07) is 7.77. The van der Waals surface area contributed by atoms with Crippen molar-refractivity contribution in [3.63, 3.8) is 0 Å². The van der Waals surface area contributed by atoms with Crippen LogP contribution in [0.2, 0.25) is 0 Å². The average Bonchev–Trinajstić information content (AvgIpc) is 2.46. The van der Waals surface area contributed by atoms with Crippen molar-refractivity contribution >= 4 is 17.6 Å². The molecule has 7 heteroatoms. The van der Waals surface area contributed by atoms with E-state index in [0.29, 0.717) is 11.9 Å². The fraction of sp³-hybridized carbons (Fsp3) is 0.357. The Morgan fingerprint density at radius 3 is 2.52 bits per heavy atom. The topological polar surface area (TPSA) is 81.2 Å². The summed E-state index contributed by atoms with van der Waals surface area (Å²) in [5.41, 5.74) is 0.818. The van der Waals surface area contributed by atoms with Crippen LogP contribution in [0.5, 0.6) is 11.8 Å². The molecule has 7 nitrogen and oxygen atoms in total. The van der Waals surface area contributed by atoms with Crippen molar-refractivity contribution < 1.29 is 9.47 Å². The molecule has 0 aliphatic heterocycles. The van der Waals surface area contributed by atoms with E-state index in [9.17, 15) is 0 Å². The van der Waals surface area contributed by atoms with Gasteiger partial charge in [-0.3, -0.25) is 0 Å². The maximum atomic E-state index is 5.51. The van der Waals surface area contributed by atoms with E-state index in [0.717, 1.165) is 11.4 Å². The molecule has 0 aliphatic rings. The van der Waals surface area contributed by atoms with Crippen LogP contribution in [-0.2, 0) is 0 Å². The molecule has 0 saturated carbocycles. The van der Waals surface area contributed by atoms with E-state index in [1.165, 1.54) is 0 Å². The lowest BCUT2D eigenvalue weighted by molar-refractivity contribution is 0.222. The normalized spacial score (nSPS) is 10.3. The lowest BCUT2D eigenvalue weighted by Gasteiger charge is -2.11. The van der Waals surface area contributed by atoms with Gasteiger partial charge in [-0.05, 0) is 26.0 Å². The number of nitrogens with one attached hydrogen (secondary N) is 2. The molecule has 0 fully saturated rings. The van der Waals surface area contributed by atoms with Crippen LogP contribution in [-0.4, -0.2) is 35.2 Å². The van der Waals surface area contributed by atoms with Gasteiger partial charge in [0, 0.05) is 18.8 Å². The Bertz CT molecular complexity index is 604. The van der Waals surface area contributed by atoms with Gasteiger partial charge in [-0.2, -0.15) is 15.0 Å². The summed E-state index contributed by atoms with van der Waals surface area (Å²) in [7, 11) is 3.36. The molecule has 1 heterocycles. The largest absolute Gasteiger partial charge is 0.497 e. The lowest BCUT2D eigenvalue weighted by Crippen LogP contribution is -2.11. The van der Waals surface area contributed by atoms with Gasteiger partial charge in [-0.25, -0.2) is 0 Å². The highest BCUT2D eigenvalue weighted by Gasteiger charge is 2.08. The van der Waals surface area contributed by atoms with Gasteiger partial charge in [0.05, 0.1) is 13.2 Å². The first kappa shape index (κ1) is 14.8. The second-order valence-corrected chi connectivity index (χ2v) is 4.54. The van der Waals surface area contributed by atoms with E-state index in [2.05, 4.69) is 25.6 Å². The molecule has 0 amide bonds. The Morgan fingerprint density at radius 1 is 1.10 bits per heavy atom. The molecule has 0 saturated heterocycles. The predicted octanol–water partition coefficient (Wildman–Crippen LogP) is 2.45. The van der Waals surface area contributed by atoms with Crippen LogP contribution in [0, 0.1) is 0 Å². The molecular formula is C14H19N5O2. The highest BCUT2D eigenvalue weighted by molar-refractivity contribution is 5.56. The van der Waals surface area contributed by atoms with Gasteiger partial charge in [0.2, 0.25) is 11.9 Å². The number of hydrogen-bond acceptors (Lipinski definition) is 7. The molecule has 112 valence electrons. The van der Waals surface area contributed by atoms with Gasteiger partial charge < -0.3 is 20.1 Å². The summed E-state index contributed by atoms with van der Waals surface area (Å²) >= 11 is 0. The number of aromatic nitrogens is 3. The monoisotopic (exact) mass is 289 g/mol. The standard InChI is InChI=1S/C14H19N5O2/c1-9(2)21-14-18-12(15-3)17-13(19-14)16-10-6-5-7-11(8-10)20-4/h5-9H,1-4H3,(H2,15,16,17,18,19). The molecule has 0 unspecified atom stereocenters. The summed E-state index contributed by atoms with van der Waals surface area (Å²) in [4.78, 5) is 12.6. The first-order chi connectivity index (χ1) is 10.1. The quantitative estimate of drug-likeness (QED) is 0.845. The van der Waals surface area contributed by atoms with Crippen LogP contribution in [0.3, 0.4) is 0 Å². The molecule has 2 aromatic rings. The van der Waals surface area contributed by atoms with E-state index >= 15 is 0 Å². The minimum atomic E-state index is -0.0122. The van der Waals surface area contributed by atoms with E-state index in [1.807, 2.05) is 38.1 Å². The zero-order valence-corrected chi connectivity index (χ0v) is 12.5. The predicted molar refractivity (Wildman–Crippen MR) is 81.4 cm³/mol. The molecule has 21 heavy (non-hydrogen) atoms. The molecular weight excluding hydrogens is 270 g/mol. The van der Waals surface area contributed by atoms with Crippen LogP contribution < -0.4 is 20.1 Å². The van der Waals surface area contributed by atoms with Crippen molar-refractivity contribution in [3.8, 4) is 11.8 Å². The van der Waals surface area contributed by atoms with E-state index in [1.54, 1.807) is 14.2 Å². The highest BCUT2D eigenvalue weighted by atomic mass is 16.5. The van der Waals surface area contributed by atoms with E-state index in [4.69, 9.17) is 9.47 Å². The summed E-state index contributed by atoms with van der Waals surface area (Å²) in [5, 5.41) is 5.99. The van der Waals surface area contributed by atoms with Crippen LogP contribution in [0.4, 0.5) is 17.6 Å². The Kier molecular flexibility index (Phi) is 4.76. The van der Waals surface area contributed by atoms with Gasteiger partial charge >= 0.3 is 6.01 Å². The summed E-state index contributed by atoms with van der Waals surface area (Å²) in [6.45, 7) is 3.83. The van der Waals surface area contributed by atoms with Crippen molar-refractivity contribution in [2.75, 3.05) is 24.8 Å². The average molecular weight is 289 g/mol. The minimum absolute atomic E-state index is 0.0122. The third kappa shape index (κ3) is 4.20. The second-order valence-electron chi connectivity index (χ2n) is 4.54. The van der Waals surface area contributed by atoms with Crippen molar-refractivity contribution in [1.82, 2.24) is 15.0 Å². The van der Waals surface area contributed by atoms with Crippen LogP contribution in [0.15, 0.2) is 24.3 Å². The van der Waals surface area contributed by atoms with Crippen molar-refractivity contribution in [1.29, 1.82) is 0 Å². The highest BCUT2D eigenvalue weighted by Crippen LogP contribution is 2.21. The molecule has 2 N–H and O–H groups in total. The molecule has 2 rings (SSSR count). The van der Waals surface area contributed by atoms with Gasteiger partial charge in [0.15, 0.2) is 0 Å². The summed E-state index contributed by atoms with van der Waals surface area (Å²) in [5.74, 6) is 1.59. The molecule has 0 bridgehead atoms. The molecule has 0 radical (unpaired) electrons. The molecule has 1 aromatic heterocycles. The Balaban J connectivity index is 2.25. The smallest absolute Gasteiger partial charge is 0.323 e.